The van der Waals surface area contributed by atoms with Gasteiger partial charge in [-0.15, -0.1) is 0 Å². The van der Waals surface area contributed by atoms with E-state index in [-0.39, 0.29) is 18.1 Å². The Morgan fingerprint density at radius 1 is 1.17 bits per heavy atom. The van der Waals surface area contributed by atoms with E-state index in [1.165, 1.54) is 6.42 Å². The summed E-state index contributed by atoms with van der Waals surface area (Å²) in [6.45, 7) is 0.751. The Labute approximate surface area is 141 Å². The van der Waals surface area contributed by atoms with Gasteiger partial charge in [-0.05, 0) is 68.1 Å². The lowest BCUT2D eigenvalue weighted by Gasteiger charge is -2.59. The molecule has 128 valence electrons. The molecular weight excluding hydrogens is 306 g/mol. The Morgan fingerprint density at radius 2 is 1.92 bits per heavy atom. The van der Waals surface area contributed by atoms with E-state index in [0.717, 1.165) is 42.7 Å². The quantitative estimate of drug-likeness (QED) is 0.893. The Kier molecular flexibility index (Phi) is 2.97. The number of hydrogen-bond donors (Lipinski definition) is 2. The first-order valence-corrected chi connectivity index (χ1v) is 8.93. The lowest BCUT2D eigenvalue weighted by Crippen LogP contribution is -2.60. The zero-order chi connectivity index (χ0) is 16.4. The van der Waals surface area contributed by atoms with E-state index in [1.54, 1.807) is 0 Å². The van der Waals surface area contributed by atoms with Gasteiger partial charge in [-0.2, -0.15) is 0 Å². The third kappa shape index (κ3) is 2.21. The molecule has 1 aromatic rings. The van der Waals surface area contributed by atoms with Crippen LogP contribution in [-0.2, 0) is 11.3 Å². The number of hydrogen-bond acceptors (Lipinski definition) is 4. The van der Waals surface area contributed by atoms with Crippen molar-refractivity contribution in [2.75, 3.05) is 6.79 Å². The average Bonchev–Trinajstić information content (AvgIpc) is 2.97. The summed E-state index contributed by atoms with van der Waals surface area (Å²) in [5.74, 6) is 2.66. The van der Waals surface area contributed by atoms with Crippen LogP contribution in [-0.4, -0.2) is 23.4 Å². The van der Waals surface area contributed by atoms with Crippen LogP contribution in [0.1, 0.15) is 44.1 Å². The van der Waals surface area contributed by atoms with Crippen LogP contribution in [0, 0.1) is 17.3 Å². The fourth-order valence-corrected chi connectivity index (χ4v) is 5.90. The van der Waals surface area contributed by atoms with E-state index in [4.69, 9.17) is 9.47 Å². The summed E-state index contributed by atoms with van der Waals surface area (Å²) in [4.78, 5) is 13.0. The first kappa shape index (κ1) is 14.6. The molecule has 5 heteroatoms. The number of aliphatic hydroxyl groups is 1. The van der Waals surface area contributed by atoms with Gasteiger partial charge in [-0.25, -0.2) is 0 Å². The first-order valence-electron chi connectivity index (χ1n) is 8.93. The average molecular weight is 329 g/mol. The fourth-order valence-electron chi connectivity index (χ4n) is 5.90. The smallest absolute Gasteiger partial charge is 0.231 e. The van der Waals surface area contributed by atoms with Crippen LogP contribution < -0.4 is 14.8 Å². The van der Waals surface area contributed by atoms with E-state index in [9.17, 15) is 9.90 Å². The molecule has 1 aromatic carbocycles. The van der Waals surface area contributed by atoms with Gasteiger partial charge in [0, 0.05) is 6.54 Å². The van der Waals surface area contributed by atoms with E-state index >= 15 is 0 Å². The molecular formula is C19H23NO4. The summed E-state index contributed by atoms with van der Waals surface area (Å²) in [5.41, 5.74) is 0.0612. The van der Waals surface area contributed by atoms with Crippen LogP contribution in [0.15, 0.2) is 18.2 Å². The Morgan fingerprint density at radius 3 is 2.67 bits per heavy atom. The minimum Gasteiger partial charge on any atom is -0.454 e. The summed E-state index contributed by atoms with van der Waals surface area (Å²) in [6, 6.07) is 5.77. The number of benzene rings is 1. The normalized spacial score (nSPS) is 38.4. The first-order chi connectivity index (χ1) is 11.5. The highest BCUT2D eigenvalue weighted by atomic mass is 16.7. The zero-order valence-corrected chi connectivity index (χ0v) is 13.7. The standard InChI is InChI=1S/C19H23NO4/c21-17(20-9-12-1-2-15-16(4-12)24-11-23-15)18-5-13-3-14(6-18)8-19(22,7-13)10-18/h1-2,4,13-14,22H,3,5-11H2,(H,20,21). The maximum Gasteiger partial charge on any atom is 0.231 e. The van der Waals surface area contributed by atoms with Crippen molar-refractivity contribution in [2.45, 2.75) is 50.7 Å². The molecule has 1 heterocycles. The van der Waals surface area contributed by atoms with Gasteiger partial charge in [0.2, 0.25) is 12.7 Å². The zero-order valence-electron chi connectivity index (χ0n) is 13.7. The highest BCUT2D eigenvalue weighted by Gasteiger charge is 2.60. The van der Waals surface area contributed by atoms with Crippen molar-refractivity contribution in [3.05, 3.63) is 23.8 Å². The second-order valence-electron chi connectivity index (χ2n) is 8.34. The minimum absolute atomic E-state index is 0.118. The molecule has 4 saturated carbocycles. The monoisotopic (exact) mass is 329 g/mol. The third-order valence-electron chi connectivity index (χ3n) is 6.40. The number of nitrogens with one attached hydrogen (secondary N) is 1. The molecule has 4 bridgehead atoms. The summed E-state index contributed by atoms with van der Waals surface area (Å²) in [5, 5.41) is 13.9. The number of amides is 1. The van der Waals surface area contributed by atoms with Gasteiger partial charge in [0.25, 0.3) is 0 Å². The number of carbonyl (C=O) groups is 1. The minimum atomic E-state index is -0.597. The molecule has 5 nitrogen and oxygen atoms in total. The van der Waals surface area contributed by atoms with Crippen molar-refractivity contribution in [2.24, 2.45) is 17.3 Å². The highest BCUT2D eigenvalue weighted by molar-refractivity contribution is 5.83. The van der Waals surface area contributed by atoms with E-state index < -0.39 is 5.60 Å². The molecule has 4 fully saturated rings. The van der Waals surface area contributed by atoms with Crippen LogP contribution in [0.25, 0.3) is 0 Å². The lowest BCUT2D eigenvalue weighted by molar-refractivity contribution is -0.178. The van der Waals surface area contributed by atoms with E-state index in [2.05, 4.69) is 5.32 Å². The molecule has 4 aliphatic carbocycles. The number of carbonyl (C=O) groups excluding carboxylic acids is 1. The number of ether oxygens (including phenoxy) is 2. The lowest BCUT2D eigenvalue weighted by atomic mass is 9.47. The number of rotatable bonds is 3. The summed E-state index contributed by atoms with van der Waals surface area (Å²) < 4.78 is 10.7. The Balaban J connectivity index is 1.30. The van der Waals surface area contributed by atoms with Crippen LogP contribution in [0.5, 0.6) is 11.5 Å². The molecule has 1 amide bonds. The van der Waals surface area contributed by atoms with Crippen LogP contribution in [0.3, 0.4) is 0 Å². The van der Waals surface area contributed by atoms with Gasteiger partial charge >= 0.3 is 0 Å². The molecule has 6 rings (SSSR count). The summed E-state index contributed by atoms with van der Waals surface area (Å²) in [7, 11) is 0. The van der Waals surface area contributed by atoms with Crippen molar-refractivity contribution in [3.63, 3.8) is 0 Å². The topological polar surface area (TPSA) is 67.8 Å². The summed E-state index contributed by atoms with van der Waals surface area (Å²) >= 11 is 0. The maximum absolute atomic E-state index is 13.0. The predicted molar refractivity (Wildman–Crippen MR) is 86.5 cm³/mol. The van der Waals surface area contributed by atoms with Crippen LogP contribution >= 0.6 is 0 Å². The van der Waals surface area contributed by atoms with E-state index in [1.807, 2.05) is 18.2 Å². The fraction of sp³-hybridized carbons (Fsp3) is 0.632. The summed E-state index contributed by atoms with van der Waals surface area (Å²) in [6.07, 6.45) is 5.50. The van der Waals surface area contributed by atoms with Gasteiger partial charge in [0.1, 0.15) is 0 Å². The predicted octanol–water partition coefficient (Wildman–Crippen LogP) is 2.36. The molecule has 0 radical (unpaired) electrons. The molecule has 0 spiro atoms. The molecule has 2 unspecified atom stereocenters. The molecule has 1 aliphatic heterocycles. The van der Waals surface area contributed by atoms with Gasteiger partial charge in [0.05, 0.1) is 11.0 Å². The van der Waals surface area contributed by atoms with Crippen molar-refractivity contribution >= 4 is 5.91 Å². The van der Waals surface area contributed by atoms with Crippen molar-refractivity contribution in [1.29, 1.82) is 0 Å². The van der Waals surface area contributed by atoms with Crippen molar-refractivity contribution in [3.8, 4) is 11.5 Å². The molecule has 5 aliphatic rings. The van der Waals surface area contributed by atoms with Crippen molar-refractivity contribution < 1.29 is 19.4 Å². The second kappa shape index (κ2) is 4.88. The largest absolute Gasteiger partial charge is 0.454 e. The van der Waals surface area contributed by atoms with Gasteiger partial charge in [-0.3, -0.25) is 4.79 Å². The van der Waals surface area contributed by atoms with Gasteiger partial charge in [0.15, 0.2) is 11.5 Å². The molecule has 2 atom stereocenters. The van der Waals surface area contributed by atoms with Crippen molar-refractivity contribution in [1.82, 2.24) is 5.32 Å². The molecule has 0 aromatic heterocycles. The molecule has 0 saturated heterocycles. The Bertz CT molecular complexity index is 687. The van der Waals surface area contributed by atoms with Crippen LogP contribution in [0.4, 0.5) is 0 Å². The second-order valence-corrected chi connectivity index (χ2v) is 8.34. The maximum atomic E-state index is 13.0. The van der Waals surface area contributed by atoms with Gasteiger partial charge < -0.3 is 19.9 Å². The van der Waals surface area contributed by atoms with E-state index in [0.29, 0.717) is 24.8 Å². The highest BCUT2D eigenvalue weighted by Crippen LogP contribution is 2.61. The number of fused-ring (bicyclic) bond motifs is 1. The molecule has 24 heavy (non-hydrogen) atoms. The molecule has 2 N–H and O–H groups in total. The third-order valence-corrected chi connectivity index (χ3v) is 6.40. The van der Waals surface area contributed by atoms with Crippen LogP contribution in [0.2, 0.25) is 0 Å². The SMILES string of the molecule is O=C(NCc1ccc2c(c1)OCO2)C12CC3CC(CC(O)(C3)C1)C2. The Hall–Kier alpha value is -1.75. The van der Waals surface area contributed by atoms with Gasteiger partial charge in [-0.1, -0.05) is 6.07 Å².